The summed E-state index contributed by atoms with van der Waals surface area (Å²) < 4.78 is 4.91. The molecular formula is C12H17N3O4. The van der Waals surface area contributed by atoms with E-state index in [1.807, 2.05) is 0 Å². The molecule has 1 amide bonds. The van der Waals surface area contributed by atoms with E-state index in [9.17, 15) is 14.9 Å². The number of piperidine rings is 1. The maximum absolute atomic E-state index is 12.0. The van der Waals surface area contributed by atoms with E-state index in [0.717, 1.165) is 25.9 Å². The second kappa shape index (κ2) is 5.83. The molecular weight excluding hydrogens is 250 g/mol. The van der Waals surface area contributed by atoms with Gasteiger partial charge in [0.1, 0.15) is 4.92 Å². The number of hydrogen-bond acceptors (Lipinski definition) is 5. The first-order valence-corrected chi connectivity index (χ1v) is 6.28. The summed E-state index contributed by atoms with van der Waals surface area (Å²) in [7, 11) is 1.69. The van der Waals surface area contributed by atoms with Crippen LogP contribution < -0.4 is 5.32 Å². The molecule has 19 heavy (non-hydrogen) atoms. The van der Waals surface area contributed by atoms with Gasteiger partial charge in [-0.1, -0.05) is 0 Å². The SMILES string of the molecule is CN(CC1CCNCC1)C(=O)c1ccc([N+](=O)[O-])o1. The molecule has 0 radical (unpaired) electrons. The molecule has 2 heterocycles. The molecule has 0 bridgehead atoms. The van der Waals surface area contributed by atoms with Gasteiger partial charge in [-0.2, -0.15) is 0 Å². The van der Waals surface area contributed by atoms with Gasteiger partial charge in [0.05, 0.1) is 6.07 Å². The first-order valence-electron chi connectivity index (χ1n) is 6.28. The Morgan fingerprint density at radius 3 is 2.79 bits per heavy atom. The lowest BCUT2D eigenvalue weighted by molar-refractivity contribution is -0.402. The predicted molar refractivity (Wildman–Crippen MR) is 67.9 cm³/mol. The average Bonchev–Trinajstić information content (AvgIpc) is 2.88. The van der Waals surface area contributed by atoms with E-state index < -0.39 is 10.8 Å². The van der Waals surface area contributed by atoms with Crippen molar-refractivity contribution >= 4 is 11.8 Å². The van der Waals surface area contributed by atoms with Crippen LogP contribution in [0.1, 0.15) is 23.4 Å². The van der Waals surface area contributed by atoms with Crippen LogP contribution in [0.25, 0.3) is 0 Å². The fourth-order valence-electron chi connectivity index (χ4n) is 2.26. The molecule has 0 saturated carbocycles. The zero-order valence-electron chi connectivity index (χ0n) is 10.8. The number of nitrogens with one attached hydrogen (secondary N) is 1. The van der Waals surface area contributed by atoms with Crippen molar-refractivity contribution in [2.24, 2.45) is 5.92 Å². The fourth-order valence-corrected chi connectivity index (χ4v) is 2.26. The summed E-state index contributed by atoms with van der Waals surface area (Å²) in [6.07, 6.45) is 2.08. The summed E-state index contributed by atoms with van der Waals surface area (Å²) >= 11 is 0. The van der Waals surface area contributed by atoms with E-state index in [4.69, 9.17) is 4.42 Å². The Bertz CT molecular complexity index is 465. The summed E-state index contributed by atoms with van der Waals surface area (Å²) in [5.74, 6) is -0.228. The van der Waals surface area contributed by atoms with Crippen molar-refractivity contribution in [2.75, 3.05) is 26.7 Å². The number of nitro groups is 1. The van der Waals surface area contributed by atoms with Gasteiger partial charge in [0.2, 0.25) is 0 Å². The maximum Gasteiger partial charge on any atom is 0.433 e. The molecule has 1 aliphatic rings. The number of furan rings is 1. The summed E-state index contributed by atoms with van der Waals surface area (Å²) in [6, 6.07) is 2.55. The first-order chi connectivity index (χ1) is 9.08. The number of nitrogens with zero attached hydrogens (tertiary/aromatic N) is 2. The number of amides is 1. The van der Waals surface area contributed by atoms with Crippen molar-refractivity contribution in [1.29, 1.82) is 0 Å². The van der Waals surface area contributed by atoms with Gasteiger partial charge in [-0.25, -0.2) is 0 Å². The molecule has 1 aliphatic heterocycles. The van der Waals surface area contributed by atoms with Crippen molar-refractivity contribution < 1.29 is 14.1 Å². The highest BCUT2D eigenvalue weighted by Gasteiger charge is 2.23. The van der Waals surface area contributed by atoms with Crippen LogP contribution in [0.2, 0.25) is 0 Å². The Balaban J connectivity index is 1.95. The van der Waals surface area contributed by atoms with E-state index in [0.29, 0.717) is 12.5 Å². The van der Waals surface area contributed by atoms with Gasteiger partial charge < -0.3 is 14.6 Å². The molecule has 2 rings (SSSR count). The molecule has 1 fully saturated rings. The lowest BCUT2D eigenvalue weighted by atomic mass is 9.98. The van der Waals surface area contributed by atoms with Crippen molar-refractivity contribution in [3.8, 4) is 0 Å². The molecule has 1 saturated heterocycles. The lowest BCUT2D eigenvalue weighted by Crippen LogP contribution is -2.37. The summed E-state index contributed by atoms with van der Waals surface area (Å²) in [5, 5.41) is 13.8. The summed E-state index contributed by atoms with van der Waals surface area (Å²) in [6.45, 7) is 2.59. The second-order valence-electron chi connectivity index (χ2n) is 4.77. The number of carbonyl (C=O) groups excluding carboxylic acids is 1. The van der Waals surface area contributed by atoms with Gasteiger partial charge >= 0.3 is 5.88 Å². The van der Waals surface area contributed by atoms with Gasteiger partial charge in [0.15, 0.2) is 5.76 Å². The first kappa shape index (κ1) is 13.5. The molecule has 7 heteroatoms. The Morgan fingerprint density at radius 2 is 2.21 bits per heavy atom. The minimum absolute atomic E-state index is 0.0168. The topological polar surface area (TPSA) is 88.6 Å². The molecule has 7 nitrogen and oxygen atoms in total. The monoisotopic (exact) mass is 267 g/mol. The molecule has 0 aliphatic carbocycles. The zero-order valence-corrected chi connectivity index (χ0v) is 10.8. The number of rotatable bonds is 4. The number of hydrogen-bond donors (Lipinski definition) is 1. The molecule has 1 aromatic rings. The van der Waals surface area contributed by atoms with E-state index in [2.05, 4.69) is 5.32 Å². The summed E-state index contributed by atoms with van der Waals surface area (Å²) in [5.41, 5.74) is 0. The second-order valence-corrected chi connectivity index (χ2v) is 4.77. The molecule has 104 valence electrons. The van der Waals surface area contributed by atoms with Crippen LogP contribution in [0, 0.1) is 16.0 Å². The Hall–Kier alpha value is -1.89. The quantitative estimate of drug-likeness (QED) is 0.655. The number of carbonyl (C=O) groups is 1. The Kier molecular flexibility index (Phi) is 4.16. The van der Waals surface area contributed by atoms with Crippen LogP contribution in [0.15, 0.2) is 16.5 Å². The highest BCUT2D eigenvalue weighted by Crippen LogP contribution is 2.18. The van der Waals surface area contributed by atoms with Gasteiger partial charge in [-0.15, -0.1) is 0 Å². The molecule has 1 N–H and O–H groups in total. The minimum atomic E-state index is -0.649. The molecule has 1 aromatic heterocycles. The zero-order chi connectivity index (χ0) is 13.8. The van der Waals surface area contributed by atoms with Gasteiger partial charge in [-0.05, 0) is 37.9 Å². The smallest absolute Gasteiger partial charge is 0.395 e. The third kappa shape index (κ3) is 3.31. The van der Waals surface area contributed by atoms with Crippen molar-refractivity contribution in [3.05, 3.63) is 28.0 Å². The predicted octanol–water partition coefficient (Wildman–Crippen LogP) is 1.26. The minimum Gasteiger partial charge on any atom is -0.395 e. The molecule has 0 aromatic carbocycles. The normalized spacial score (nSPS) is 16.3. The third-order valence-electron chi connectivity index (χ3n) is 3.32. The molecule has 0 atom stereocenters. The van der Waals surface area contributed by atoms with Crippen LogP contribution in [0.4, 0.5) is 5.88 Å². The Morgan fingerprint density at radius 1 is 1.53 bits per heavy atom. The van der Waals surface area contributed by atoms with E-state index in [1.54, 1.807) is 11.9 Å². The van der Waals surface area contributed by atoms with Crippen molar-refractivity contribution in [2.45, 2.75) is 12.8 Å². The lowest BCUT2D eigenvalue weighted by Gasteiger charge is -2.27. The van der Waals surface area contributed by atoms with Crippen LogP contribution >= 0.6 is 0 Å². The largest absolute Gasteiger partial charge is 0.433 e. The maximum atomic E-state index is 12.0. The van der Waals surface area contributed by atoms with Gasteiger partial charge in [-0.3, -0.25) is 14.9 Å². The van der Waals surface area contributed by atoms with Crippen molar-refractivity contribution in [1.82, 2.24) is 10.2 Å². The molecule has 0 spiro atoms. The van der Waals surface area contributed by atoms with E-state index in [1.165, 1.54) is 12.1 Å². The van der Waals surface area contributed by atoms with Crippen LogP contribution in [-0.2, 0) is 0 Å². The molecule has 0 unspecified atom stereocenters. The van der Waals surface area contributed by atoms with E-state index in [-0.39, 0.29) is 11.7 Å². The fraction of sp³-hybridized carbons (Fsp3) is 0.583. The van der Waals surface area contributed by atoms with Gasteiger partial charge in [0.25, 0.3) is 5.91 Å². The van der Waals surface area contributed by atoms with E-state index >= 15 is 0 Å². The average molecular weight is 267 g/mol. The van der Waals surface area contributed by atoms with Crippen LogP contribution in [0.5, 0.6) is 0 Å². The standard InChI is InChI=1S/C12H17N3O4/c1-14(8-9-4-6-13-7-5-9)12(16)10-2-3-11(19-10)15(17)18/h2-3,9,13H,4-8H2,1H3. The van der Waals surface area contributed by atoms with Crippen LogP contribution in [0.3, 0.4) is 0 Å². The summed E-state index contributed by atoms with van der Waals surface area (Å²) in [4.78, 5) is 23.5. The van der Waals surface area contributed by atoms with Crippen LogP contribution in [-0.4, -0.2) is 42.4 Å². The van der Waals surface area contributed by atoms with Crippen molar-refractivity contribution in [3.63, 3.8) is 0 Å². The third-order valence-corrected chi connectivity index (χ3v) is 3.32. The van der Waals surface area contributed by atoms with Gasteiger partial charge in [0, 0.05) is 13.6 Å². The Labute approximate surface area is 110 Å². The highest BCUT2D eigenvalue weighted by atomic mass is 16.6. The highest BCUT2D eigenvalue weighted by molar-refractivity contribution is 5.91.